The fraction of sp³-hybridized carbons (Fsp3) is 0.130. The molecule has 0 radical (unpaired) electrons. The number of aliphatic hydroxyl groups excluding tert-OH is 1. The van der Waals surface area contributed by atoms with Gasteiger partial charge in [-0.1, -0.05) is 41.4 Å². The Balaban J connectivity index is 1.96. The molecule has 1 aromatic heterocycles. The van der Waals surface area contributed by atoms with Crippen LogP contribution >= 0.6 is 34.5 Å². The van der Waals surface area contributed by atoms with Gasteiger partial charge in [0.25, 0.3) is 11.7 Å². The molecule has 1 unspecified atom stereocenters. The summed E-state index contributed by atoms with van der Waals surface area (Å²) in [5, 5.41) is 13.5. The Morgan fingerprint density at radius 3 is 2.47 bits per heavy atom. The number of hydrogen-bond acceptors (Lipinski definition) is 4. The van der Waals surface area contributed by atoms with E-state index < -0.39 is 17.7 Å². The number of ketones is 1. The molecule has 30 heavy (non-hydrogen) atoms. The van der Waals surface area contributed by atoms with Crippen LogP contribution in [0.2, 0.25) is 10.0 Å². The highest BCUT2D eigenvalue weighted by Gasteiger charge is 2.47. The van der Waals surface area contributed by atoms with Gasteiger partial charge in [0.1, 0.15) is 11.8 Å². The third-order valence-corrected chi connectivity index (χ3v) is 6.95. The van der Waals surface area contributed by atoms with Crippen molar-refractivity contribution >= 4 is 57.7 Å². The number of carbonyl (C=O) groups excluding carboxylic acids is 2. The summed E-state index contributed by atoms with van der Waals surface area (Å²) in [5.74, 6) is -1.69. The number of amides is 1. The zero-order chi connectivity index (χ0) is 21.6. The molecule has 3 aromatic rings. The predicted molar refractivity (Wildman–Crippen MR) is 121 cm³/mol. The molecule has 1 fully saturated rings. The van der Waals surface area contributed by atoms with Crippen LogP contribution in [0.15, 0.2) is 59.5 Å². The summed E-state index contributed by atoms with van der Waals surface area (Å²) in [5.41, 5.74) is 2.90. The summed E-state index contributed by atoms with van der Waals surface area (Å²) in [7, 11) is 0. The second-order valence-corrected chi connectivity index (χ2v) is 8.83. The topological polar surface area (TPSA) is 57.6 Å². The molecule has 1 amide bonds. The van der Waals surface area contributed by atoms with E-state index >= 15 is 0 Å². The van der Waals surface area contributed by atoms with Gasteiger partial charge >= 0.3 is 0 Å². The summed E-state index contributed by atoms with van der Waals surface area (Å²) in [6, 6.07) is 13.2. The summed E-state index contributed by atoms with van der Waals surface area (Å²) >= 11 is 13.5. The van der Waals surface area contributed by atoms with Crippen LogP contribution in [-0.2, 0) is 9.59 Å². The lowest BCUT2D eigenvalue weighted by Gasteiger charge is -2.26. The van der Waals surface area contributed by atoms with Gasteiger partial charge < -0.3 is 5.11 Å². The highest BCUT2D eigenvalue weighted by Crippen LogP contribution is 2.45. The Morgan fingerprint density at radius 1 is 1.03 bits per heavy atom. The van der Waals surface area contributed by atoms with E-state index in [1.54, 1.807) is 12.1 Å². The minimum atomic E-state index is -0.738. The van der Waals surface area contributed by atoms with Gasteiger partial charge in [-0.3, -0.25) is 14.5 Å². The summed E-state index contributed by atoms with van der Waals surface area (Å²) in [4.78, 5) is 28.5. The van der Waals surface area contributed by atoms with Crippen molar-refractivity contribution in [2.24, 2.45) is 0 Å². The number of hydrogen-bond donors (Lipinski definition) is 1. The third kappa shape index (κ3) is 3.33. The molecular weight excluding hydrogens is 441 g/mol. The van der Waals surface area contributed by atoms with Crippen LogP contribution in [0.5, 0.6) is 0 Å². The maximum absolute atomic E-state index is 13.1. The number of aryl methyl sites for hydroxylation is 1. The smallest absolute Gasteiger partial charge is 0.300 e. The number of thiophene rings is 1. The second-order valence-electron chi connectivity index (χ2n) is 7.03. The molecule has 0 saturated carbocycles. The molecule has 152 valence electrons. The molecule has 1 aliphatic rings. The molecule has 4 nitrogen and oxygen atoms in total. The van der Waals surface area contributed by atoms with E-state index in [9.17, 15) is 14.7 Å². The third-order valence-electron chi connectivity index (χ3n) is 5.29. The zero-order valence-electron chi connectivity index (χ0n) is 16.1. The lowest BCUT2D eigenvalue weighted by Crippen LogP contribution is -2.29. The zero-order valence-corrected chi connectivity index (χ0v) is 18.5. The monoisotopic (exact) mass is 457 g/mol. The van der Waals surface area contributed by atoms with Crippen LogP contribution < -0.4 is 4.90 Å². The average molecular weight is 458 g/mol. The average Bonchev–Trinajstić information content (AvgIpc) is 3.33. The van der Waals surface area contributed by atoms with Crippen molar-refractivity contribution in [1.29, 1.82) is 0 Å². The number of halogens is 2. The summed E-state index contributed by atoms with van der Waals surface area (Å²) < 4.78 is 0. The lowest BCUT2D eigenvalue weighted by molar-refractivity contribution is -0.132. The quantitative estimate of drug-likeness (QED) is 0.285. The van der Waals surface area contributed by atoms with Gasteiger partial charge in [0.2, 0.25) is 0 Å². The van der Waals surface area contributed by atoms with E-state index in [1.807, 2.05) is 49.6 Å². The fourth-order valence-electron chi connectivity index (χ4n) is 3.59. The van der Waals surface area contributed by atoms with Gasteiger partial charge in [-0.15, -0.1) is 11.3 Å². The molecule has 7 heteroatoms. The maximum Gasteiger partial charge on any atom is 0.300 e. The standard InChI is InChI=1S/C23H17Cl2NO3S/c1-12-5-3-6-17(13(12)2)26-20(18-7-4-10-30-18)19(22(28)23(26)29)21(27)14-8-9-15(24)16(25)11-14/h3-11,20,27H,1-2H3/b21-19-. The van der Waals surface area contributed by atoms with E-state index in [1.165, 1.54) is 22.3 Å². The summed E-state index contributed by atoms with van der Waals surface area (Å²) in [6.07, 6.45) is 0. The molecular formula is C23H17Cl2NO3S. The molecule has 0 bridgehead atoms. The SMILES string of the molecule is Cc1cccc(N2C(=O)C(=O)/C(=C(\O)c3ccc(Cl)c(Cl)c3)C2c2cccs2)c1C. The van der Waals surface area contributed by atoms with Crippen molar-refractivity contribution in [1.82, 2.24) is 0 Å². The Morgan fingerprint density at radius 2 is 1.80 bits per heavy atom. The van der Waals surface area contributed by atoms with Gasteiger partial charge in [0.05, 0.1) is 15.6 Å². The number of Topliss-reactive ketones (excluding diaryl/α,β-unsaturated/α-hetero) is 1. The number of aliphatic hydroxyl groups is 1. The minimum absolute atomic E-state index is 0.0294. The fourth-order valence-corrected chi connectivity index (χ4v) is 4.71. The van der Waals surface area contributed by atoms with E-state index in [0.29, 0.717) is 16.3 Å². The van der Waals surface area contributed by atoms with Crippen LogP contribution in [0.3, 0.4) is 0 Å². The van der Waals surface area contributed by atoms with E-state index in [4.69, 9.17) is 23.2 Å². The highest BCUT2D eigenvalue weighted by molar-refractivity contribution is 7.10. The molecule has 1 atom stereocenters. The van der Waals surface area contributed by atoms with Gasteiger partial charge in [-0.25, -0.2) is 0 Å². The van der Waals surface area contributed by atoms with E-state index in [-0.39, 0.29) is 16.4 Å². The van der Waals surface area contributed by atoms with Gasteiger partial charge in [-0.05, 0) is 60.7 Å². The van der Waals surface area contributed by atoms with Crippen molar-refractivity contribution in [3.8, 4) is 0 Å². The Kier molecular flexibility index (Phi) is 5.45. The van der Waals surface area contributed by atoms with Crippen molar-refractivity contribution < 1.29 is 14.7 Å². The molecule has 0 aliphatic carbocycles. The number of carbonyl (C=O) groups is 2. The van der Waals surface area contributed by atoms with Crippen molar-refractivity contribution in [2.45, 2.75) is 19.9 Å². The van der Waals surface area contributed by atoms with E-state index in [0.717, 1.165) is 16.0 Å². The predicted octanol–water partition coefficient (Wildman–Crippen LogP) is 6.30. The van der Waals surface area contributed by atoms with Gasteiger partial charge in [0, 0.05) is 16.1 Å². The largest absolute Gasteiger partial charge is 0.507 e. The van der Waals surface area contributed by atoms with E-state index in [2.05, 4.69) is 0 Å². The van der Waals surface area contributed by atoms with Crippen LogP contribution in [0.4, 0.5) is 5.69 Å². The first-order valence-corrected chi connectivity index (χ1v) is 10.8. The Labute approximate surface area is 188 Å². The number of benzene rings is 2. The first kappa shape index (κ1) is 20.7. The number of rotatable bonds is 3. The second kappa shape index (κ2) is 7.91. The van der Waals surface area contributed by atoms with Gasteiger partial charge in [0.15, 0.2) is 0 Å². The highest BCUT2D eigenvalue weighted by atomic mass is 35.5. The van der Waals surface area contributed by atoms with Crippen molar-refractivity contribution in [3.63, 3.8) is 0 Å². The number of anilines is 1. The molecule has 1 saturated heterocycles. The lowest BCUT2D eigenvalue weighted by atomic mass is 9.99. The Hall–Kier alpha value is -2.60. The molecule has 2 aromatic carbocycles. The first-order chi connectivity index (χ1) is 14.3. The van der Waals surface area contributed by atoms with Crippen LogP contribution in [0.25, 0.3) is 5.76 Å². The van der Waals surface area contributed by atoms with Crippen LogP contribution in [0, 0.1) is 13.8 Å². The molecule has 1 aliphatic heterocycles. The Bertz CT molecular complexity index is 1200. The minimum Gasteiger partial charge on any atom is -0.507 e. The molecule has 1 N–H and O–H groups in total. The van der Waals surface area contributed by atoms with Gasteiger partial charge in [-0.2, -0.15) is 0 Å². The summed E-state index contributed by atoms with van der Waals surface area (Å²) in [6.45, 7) is 3.86. The van der Waals surface area contributed by atoms with Crippen LogP contribution in [-0.4, -0.2) is 16.8 Å². The number of nitrogens with zero attached hydrogens (tertiary/aromatic N) is 1. The molecule has 2 heterocycles. The van der Waals surface area contributed by atoms with Crippen molar-refractivity contribution in [3.05, 3.63) is 91.1 Å². The molecule has 4 rings (SSSR count). The normalized spacial score (nSPS) is 18.3. The first-order valence-electron chi connectivity index (χ1n) is 9.17. The van der Waals surface area contributed by atoms with Crippen molar-refractivity contribution in [2.75, 3.05) is 4.90 Å². The maximum atomic E-state index is 13.1. The molecule has 0 spiro atoms. The van der Waals surface area contributed by atoms with Crippen LogP contribution in [0.1, 0.15) is 27.6 Å².